The van der Waals surface area contributed by atoms with Crippen molar-refractivity contribution in [1.82, 2.24) is 9.55 Å². The van der Waals surface area contributed by atoms with Gasteiger partial charge in [-0.05, 0) is 36.2 Å². The molecule has 0 aliphatic heterocycles. The summed E-state index contributed by atoms with van der Waals surface area (Å²) in [5.74, 6) is -0.829. The number of carbonyl (C=O) groups is 1. The highest BCUT2D eigenvalue weighted by atomic mass is 19.1. The number of halogens is 2. The summed E-state index contributed by atoms with van der Waals surface area (Å²) in [6, 6.07) is 6.57. The van der Waals surface area contributed by atoms with Gasteiger partial charge in [-0.15, -0.1) is 0 Å². The molecule has 0 amide bonds. The standard InChI is InChI=1S/C19H18F2N2O/c1-11(2)18(24)10-23-9-16(21)19-17(23)7-14(8-22-19)13-4-5-15(20)12(3)6-13/h4-9,11H,10H2,1-3H3. The number of aryl methyl sites for hydroxylation is 1. The number of fused-ring (bicyclic) bond motifs is 1. The van der Waals surface area contributed by atoms with Gasteiger partial charge in [0.1, 0.15) is 11.3 Å². The zero-order valence-corrected chi connectivity index (χ0v) is 13.8. The second-order valence-electron chi connectivity index (χ2n) is 6.28. The Hall–Kier alpha value is -2.56. The predicted molar refractivity (Wildman–Crippen MR) is 89.7 cm³/mol. The zero-order valence-electron chi connectivity index (χ0n) is 13.8. The third-order valence-corrected chi connectivity index (χ3v) is 4.13. The Morgan fingerprint density at radius 3 is 2.58 bits per heavy atom. The normalized spacial score (nSPS) is 11.4. The number of aromatic nitrogens is 2. The van der Waals surface area contributed by atoms with Crippen molar-refractivity contribution >= 4 is 16.8 Å². The minimum atomic E-state index is -0.455. The third-order valence-electron chi connectivity index (χ3n) is 4.13. The van der Waals surface area contributed by atoms with Gasteiger partial charge >= 0.3 is 0 Å². The van der Waals surface area contributed by atoms with Gasteiger partial charge in [-0.1, -0.05) is 19.9 Å². The molecule has 0 N–H and O–H groups in total. The van der Waals surface area contributed by atoms with E-state index in [4.69, 9.17) is 0 Å². The molecule has 3 aromatic rings. The number of Topliss-reactive ketones (excluding diaryl/α,β-unsaturated/α-hetero) is 1. The van der Waals surface area contributed by atoms with Gasteiger partial charge in [-0.25, -0.2) is 8.78 Å². The first-order valence-corrected chi connectivity index (χ1v) is 7.80. The summed E-state index contributed by atoms with van der Waals surface area (Å²) in [6.45, 7) is 5.42. The molecule has 0 aliphatic rings. The second-order valence-corrected chi connectivity index (χ2v) is 6.28. The van der Waals surface area contributed by atoms with Crippen LogP contribution in [0.25, 0.3) is 22.2 Å². The van der Waals surface area contributed by atoms with E-state index < -0.39 is 5.82 Å². The van der Waals surface area contributed by atoms with Crippen LogP contribution < -0.4 is 0 Å². The largest absolute Gasteiger partial charge is 0.336 e. The number of carbonyl (C=O) groups excluding carboxylic acids is 1. The van der Waals surface area contributed by atoms with E-state index in [1.807, 2.05) is 13.8 Å². The summed E-state index contributed by atoms with van der Waals surface area (Å²) >= 11 is 0. The Morgan fingerprint density at radius 2 is 1.92 bits per heavy atom. The average molecular weight is 328 g/mol. The van der Waals surface area contributed by atoms with E-state index in [0.717, 1.165) is 11.1 Å². The van der Waals surface area contributed by atoms with E-state index in [9.17, 15) is 13.6 Å². The Morgan fingerprint density at radius 1 is 1.17 bits per heavy atom. The molecule has 0 unspecified atom stereocenters. The summed E-state index contributed by atoms with van der Waals surface area (Å²) in [5, 5.41) is 0. The van der Waals surface area contributed by atoms with E-state index in [0.29, 0.717) is 11.1 Å². The smallest absolute Gasteiger partial charge is 0.167 e. The molecule has 0 saturated carbocycles. The lowest BCUT2D eigenvalue weighted by Crippen LogP contribution is -2.14. The quantitative estimate of drug-likeness (QED) is 0.706. The molecule has 0 aliphatic carbocycles. The lowest BCUT2D eigenvalue weighted by molar-refractivity contribution is -0.122. The van der Waals surface area contributed by atoms with Crippen molar-refractivity contribution in [2.75, 3.05) is 0 Å². The first-order valence-electron chi connectivity index (χ1n) is 7.80. The van der Waals surface area contributed by atoms with Crippen LogP contribution in [-0.4, -0.2) is 15.3 Å². The lowest BCUT2D eigenvalue weighted by Gasteiger charge is -2.08. The molecule has 2 aromatic heterocycles. The van der Waals surface area contributed by atoms with Crippen LogP contribution in [0.15, 0.2) is 36.7 Å². The van der Waals surface area contributed by atoms with Gasteiger partial charge in [0.2, 0.25) is 0 Å². The van der Waals surface area contributed by atoms with Crippen LogP contribution >= 0.6 is 0 Å². The fourth-order valence-electron chi connectivity index (χ4n) is 2.59. The SMILES string of the molecule is Cc1cc(-c2cnc3c(F)cn(CC(=O)C(C)C)c3c2)ccc1F. The number of hydrogen-bond acceptors (Lipinski definition) is 2. The number of benzene rings is 1. The molecule has 3 nitrogen and oxygen atoms in total. The van der Waals surface area contributed by atoms with Gasteiger partial charge < -0.3 is 4.57 Å². The molecule has 1 aromatic carbocycles. The van der Waals surface area contributed by atoms with Gasteiger partial charge in [0.15, 0.2) is 11.6 Å². The van der Waals surface area contributed by atoms with Crippen molar-refractivity contribution in [1.29, 1.82) is 0 Å². The van der Waals surface area contributed by atoms with Crippen LogP contribution in [0.2, 0.25) is 0 Å². The van der Waals surface area contributed by atoms with Crippen molar-refractivity contribution in [3.63, 3.8) is 0 Å². The van der Waals surface area contributed by atoms with Gasteiger partial charge in [-0.3, -0.25) is 9.78 Å². The molecule has 2 heterocycles. The van der Waals surface area contributed by atoms with Gasteiger partial charge in [0.05, 0.1) is 12.1 Å². The molecular formula is C19H18F2N2O. The monoisotopic (exact) mass is 328 g/mol. The van der Waals surface area contributed by atoms with Gasteiger partial charge in [0.25, 0.3) is 0 Å². The Balaban J connectivity index is 2.09. The molecule has 0 atom stereocenters. The highest BCUT2D eigenvalue weighted by Crippen LogP contribution is 2.26. The molecule has 3 rings (SSSR count). The van der Waals surface area contributed by atoms with Crippen LogP contribution in [0.5, 0.6) is 0 Å². The number of pyridine rings is 1. The van der Waals surface area contributed by atoms with Crippen molar-refractivity contribution in [2.24, 2.45) is 5.92 Å². The van der Waals surface area contributed by atoms with E-state index in [1.54, 1.807) is 35.9 Å². The van der Waals surface area contributed by atoms with Crippen LogP contribution in [0.4, 0.5) is 8.78 Å². The first-order chi connectivity index (χ1) is 11.4. The maximum Gasteiger partial charge on any atom is 0.167 e. The van der Waals surface area contributed by atoms with E-state index in [-0.39, 0.29) is 29.6 Å². The van der Waals surface area contributed by atoms with Crippen LogP contribution in [0, 0.1) is 24.5 Å². The molecule has 124 valence electrons. The fourth-order valence-corrected chi connectivity index (χ4v) is 2.59. The predicted octanol–water partition coefficient (Wildman–Crippen LogP) is 4.52. The molecule has 24 heavy (non-hydrogen) atoms. The lowest BCUT2D eigenvalue weighted by atomic mass is 10.0. The van der Waals surface area contributed by atoms with E-state index in [2.05, 4.69) is 4.98 Å². The maximum absolute atomic E-state index is 14.1. The van der Waals surface area contributed by atoms with Gasteiger partial charge in [-0.2, -0.15) is 0 Å². The topological polar surface area (TPSA) is 34.9 Å². The summed E-state index contributed by atoms with van der Waals surface area (Å²) in [5.41, 5.74) is 2.87. The van der Waals surface area contributed by atoms with Crippen LogP contribution in [-0.2, 0) is 11.3 Å². The molecule has 0 fully saturated rings. The molecular weight excluding hydrogens is 310 g/mol. The molecule has 0 bridgehead atoms. The van der Waals surface area contributed by atoms with Crippen molar-refractivity contribution < 1.29 is 13.6 Å². The minimum Gasteiger partial charge on any atom is -0.336 e. The Bertz CT molecular complexity index is 929. The number of rotatable bonds is 4. The van der Waals surface area contributed by atoms with Crippen molar-refractivity contribution in [3.05, 3.63) is 53.9 Å². The number of hydrogen-bond donors (Lipinski definition) is 0. The third kappa shape index (κ3) is 2.94. The zero-order chi connectivity index (χ0) is 17.4. The molecule has 5 heteroatoms. The molecule has 0 saturated heterocycles. The number of ketones is 1. The Kier molecular flexibility index (Phi) is 4.18. The maximum atomic E-state index is 14.1. The minimum absolute atomic E-state index is 0.0231. The van der Waals surface area contributed by atoms with Crippen molar-refractivity contribution in [3.8, 4) is 11.1 Å². The molecule has 0 radical (unpaired) electrons. The van der Waals surface area contributed by atoms with Crippen molar-refractivity contribution in [2.45, 2.75) is 27.3 Å². The van der Waals surface area contributed by atoms with E-state index in [1.165, 1.54) is 12.3 Å². The average Bonchev–Trinajstić information content (AvgIpc) is 2.85. The van der Waals surface area contributed by atoms with Crippen LogP contribution in [0.1, 0.15) is 19.4 Å². The number of nitrogens with zero attached hydrogens (tertiary/aromatic N) is 2. The highest BCUT2D eigenvalue weighted by Gasteiger charge is 2.15. The molecule has 0 spiro atoms. The Labute approximate surface area is 138 Å². The summed E-state index contributed by atoms with van der Waals surface area (Å²) < 4.78 is 29.1. The van der Waals surface area contributed by atoms with E-state index >= 15 is 0 Å². The summed E-state index contributed by atoms with van der Waals surface area (Å²) in [6.07, 6.45) is 2.87. The summed E-state index contributed by atoms with van der Waals surface area (Å²) in [4.78, 5) is 16.2. The second kappa shape index (κ2) is 6.15. The summed E-state index contributed by atoms with van der Waals surface area (Å²) in [7, 11) is 0. The van der Waals surface area contributed by atoms with Gasteiger partial charge in [0, 0.05) is 23.9 Å². The fraction of sp³-hybridized carbons (Fsp3) is 0.263. The first kappa shape index (κ1) is 16.3. The highest BCUT2D eigenvalue weighted by molar-refractivity contribution is 5.85. The van der Waals surface area contributed by atoms with Crippen LogP contribution in [0.3, 0.4) is 0 Å².